The SMILES string of the molecule is CC[C@H](C)C(=O)NCCc1ccc(OC(F)(F)F)cc1. The zero-order chi connectivity index (χ0) is 15.2. The van der Waals surface area contributed by atoms with E-state index in [0.29, 0.717) is 13.0 Å². The molecule has 0 aromatic heterocycles. The van der Waals surface area contributed by atoms with E-state index in [0.717, 1.165) is 12.0 Å². The van der Waals surface area contributed by atoms with E-state index in [1.165, 1.54) is 12.1 Å². The molecule has 1 amide bonds. The Bertz CT molecular complexity index is 429. The molecule has 0 radical (unpaired) electrons. The number of alkyl halides is 3. The Morgan fingerprint density at radius 1 is 1.30 bits per heavy atom. The van der Waals surface area contributed by atoms with Gasteiger partial charge in [0.05, 0.1) is 0 Å². The molecule has 0 spiro atoms. The van der Waals surface area contributed by atoms with Crippen LogP contribution in [-0.2, 0) is 11.2 Å². The van der Waals surface area contributed by atoms with Crippen molar-refractivity contribution in [3.05, 3.63) is 29.8 Å². The predicted octanol–water partition coefficient (Wildman–Crippen LogP) is 3.29. The number of hydrogen-bond acceptors (Lipinski definition) is 2. The number of ether oxygens (including phenoxy) is 1. The molecule has 0 heterocycles. The largest absolute Gasteiger partial charge is 0.573 e. The van der Waals surface area contributed by atoms with Crippen LogP contribution in [0.2, 0.25) is 0 Å². The van der Waals surface area contributed by atoms with Gasteiger partial charge in [0, 0.05) is 12.5 Å². The summed E-state index contributed by atoms with van der Waals surface area (Å²) in [5, 5.41) is 2.78. The normalized spacial score (nSPS) is 12.8. The molecule has 1 atom stereocenters. The van der Waals surface area contributed by atoms with Gasteiger partial charge in [0.25, 0.3) is 0 Å². The maximum absolute atomic E-state index is 12.0. The maximum Gasteiger partial charge on any atom is 0.573 e. The van der Waals surface area contributed by atoms with E-state index in [4.69, 9.17) is 0 Å². The van der Waals surface area contributed by atoms with E-state index >= 15 is 0 Å². The third-order valence-corrected chi connectivity index (χ3v) is 2.93. The van der Waals surface area contributed by atoms with Gasteiger partial charge in [0.1, 0.15) is 5.75 Å². The van der Waals surface area contributed by atoms with E-state index in [-0.39, 0.29) is 17.6 Å². The lowest BCUT2D eigenvalue weighted by molar-refractivity contribution is -0.274. The second kappa shape index (κ2) is 7.17. The minimum Gasteiger partial charge on any atom is -0.406 e. The van der Waals surface area contributed by atoms with Crippen LogP contribution < -0.4 is 10.1 Å². The summed E-state index contributed by atoms with van der Waals surface area (Å²) in [6.07, 6.45) is -3.34. The molecule has 0 bridgehead atoms. The minimum absolute atomic E-state index is 0.00970. The van der Waals surface area contributed by atoms with Crippen molar-refractivity contribution in [1.82, 2.24) is 5.32 Å². The van der Waals surface area contributed by atoms with Crippen molar-refractivity contribution >= 4 is 5.91 Å². The number of benzene rings is 1. The van der Waals surface area contributed by atoms with Gasteiger partial charge >= 0.3 is 6.36 Å². The van der Waals surface area contributed by atoms with Gasteiger partial charge in [-0.05, 0) is 30.5 Å². The summed E-state index contributed by atoms with van der Waals surface area (Å²) in [7, 11) is 0. The molecule has 0 aliphatic carbocycles. The van der Waals surface area contributed by atoms with Gasteiger partial charge in [0.15, 0.2) is 0 Å². The van der Waals surface area contributed by atoms with Crippen molar-refractivity contribution in [3.8, 4) is 5.75 Å². The molecule has 112 valence electrons. The topological polar surface area (TPSA) is 38.3 Å². The first-order chi connectivity index (χ1) is 9.31. The van der Waals surface area contributed by atoms with Crippen molar-refractivity contribution < 1.29 is 22.7 Å². The van der Waals surface area contributed by atoms with Gasteiger partial charge < -0.3 is 10.1 Å². The molecule has 20 heavy (non-hydrogen) atoms. The Kier molecular flexibility index (Phi) is 5.85. The van der Waals surface area contributed by atoms with Crippen LogP contribution in [0.15, 0.2) is 24.3 Å². The van der Waals surface area contributed by atoms with Crippen LogP contribution in [0.5, 0.6) is 5.75 Å². The van der Waals surface area contributed by atoms with Crippen molar-refractivity contribution in [3.63, 3.8) is 0 Å². The summed E-state index contributed by atoms with van der Waals surface area (Å²) >= 11 is 0. The molecule has 0 saturated carbocycles. The zero-order valence-electron chi connectivity index (χ0n) is 11.5. The second-order valence-electron chi connectivity index (χ2n) is 4.54. The lowest BCUT2D eigenvalue weighted by Crippen LogP contribution is -2.30. The van der Waals surface area contributed by atoms with Gasteiger partial charge in [-0.1, -0.05) is 26.0 Å². The molecule has 6 heteroatoms. The summed E-state index contributed by atoms with van der Waals surface area (Å²) in [5.74, 6) is -0.285. The lowest BCUT2D eigenvalue weighted by atomic mass is 10.1. The molecule has 1 aromatic rings. The molecule has 3 nitrogen and oxygen atoms in total. The van der Waals surface area contributed by atoms with Crippen LogP contribution in [0.25, 0.3) is 0 Å². The predicted molar refractivity (Wildman–Crippen MR) is 69.3 cm³/mol. The van der Waals surface area contributed by atoms with Crippen molar-refractivity contribution in [2.45, 2.75) is 33.1 Å². The fourth-order valence-corrected chi connectivity index (χ4v) is 1.55. The number of amides is 1. The maximum atomic E-state index is 12.0. The van der Waals surface area contributed by atoms with E-state index in [1.54, 1.807) is 12.1 Å². The average Bonchev–Trinajstić information content (AvgIpc) is 2.38. The molecular weight excluding hydrogens is 271 g/mol. The highest BCUT2D eigenvalue weighted by atomic mass is 19.4. The fraction of sp³-hybridized carbons (Fsp3) is 0.500. The average molecular weight is 289 g/mol. The Labute approximate surface area is 116 Å². The molecule has 0 aliphatic rings. The van der Waals surface area contributed by atoms with Crippen molar-refractivity contribution in [1.29, 1.82) is 0 Å². The van der Waals surface area contributed by atoms with Crippen LogP contribution in [-0.4, -0.2) is 18.8 Å². The van der Waals surface area contributed by atoms with Crippen LogP contribution in [0, 0.1) is 5.92 Å². The molecular formula is C14H18F3NO2. The summed E-state index contributed by atoms with van der Waals surface area (Å²) in [5.41, 5.74) is 0.837. The first kappa shape index (κ1) is 16.3. The number of nitrogens with one attached hydrogen (secondary N) is 1. The van der Waals surface area contributed by atoms with Crippen LogP contribution in [0.3, 0.4) is 0 Å². The van der Waals surface area contributed by atoms with Crippen LogP contribution in [0.1, 0.15) is 25.8 Å². The van der Waals surface area contributed by atoms with E-state index < -0.39 is 6.36 Å². The number of rotatable bonds is 6. The van der Waals surface area contributed by atoms with Gasteiger partial charge in [-0.2, -0.15) is 0 Å². The summed E-state index contributed by atoms with van der Waals surface area (Å²) in [4.78, 5) is 11.5. The number of carbonyl (C=O) groups is 1. The quantitative estimate of drug-likeness (QED) is 0.872. The molecule has 0 unspecified atom stereocenters. The molecule has 0 fully saturated rings. The Morgan fingerprint density at radius 3 is 2.40 bits per heavy atom. The van der Waals surface area contributed by atoms with E-state index in [2.05, 4.69) is 10.1 Å². The summed E-state index contributed by atoms with van der Waals surface area (Å²) < 4.78 is 39.7. The number of halogens is 3. The van der Waals surface area contributed by atoms with Gasteiger partial charge in [-0.3, -0.25) is 4.79 Å². The first-order valence-electron chi connectivity index (χ1n) is 6.44. The highest BCUT2D eigenvalue weighted by molar-refractivity contribution is 5.78. The highest BCUT2D eigenvalue weighted by Crippen LogP contribution is 2.22. The summed E-state index contributed by atoms with van der Waals surface area (Å²) in [6.45, 7) is 4.24. The highest BCUT2D eigenvalue weighted by Gasteiger charge is 2.30. The molecule has 0 saturated heterocycles. The smallest absolute Gasteiger partial charge is 0.406 e. The third kappa shape index (κ3) is 5.95. The molecule has 1 aromatic carbocycles. The molecule has 0 aliphatic heterocycles. The van der Waals surface area contributed by atoms with E-state index in [9.17, 15) is 18.0 Å². The number of carbonyl (C=O) groups excluding carboxylic acids is 1. The fourth-order valence-electron chi connectivity index (χ4n) is 1.55. The van der Waals surface area contributed by atoms with Gasteiger partial charge in [-0.25, -0.2) is 0 Å². The minimum atomic E-state index is -4.67. The van der Waals surface area contributed by atoms with Gasteiger partial charge in [0.2, 0.25) is 5.91 Å². The Morgan fingerprint density at radius 2 is 1.90 bits per heavy atom. The van der Waals surface area contributed by atoms with E-state index in [1.807, 2.05) is 13.8 Å². The summed E-state index contributed by atoms with van der Waals surface area (Å²) in [6, 6.07) is 5.63. The standard InChI is InChI=1S/C14H18F3NO2/c1-3-10(2)13(19)18-9-8-11-4-6-12(7-5-11)20-14(15,16)17/h4-7,10H,3,8-9H2,1-2H3,(H,18,19)/t10-/m0/s1. The van der Waals surface area contributed by atoms with Crippen LogP contribution >= 0.6 is 0 Å². The van der Waals surface area contributed by atoms with Crippen molar-refractivity contribution in [2.75, 3.05) is 6.54 Å². The first-order valence-corrected chi connectivity index (χ1v) is 6.44. The Hall–Kier alpha value is -1.72. The lowest BCUT2D eigenvalue weighted by Gasteiger charge is -2.11. The van der Waals surface area contributed by atoms with Gasteiger partial charge in [-0.15, -0.1) is 13.2 Å². The monoisotopic (exact) mass is 289 g/mol. The molecule has 1 rings (SSSR count). The Balaban J connectivity index is 2.41. The van der Waals surface area contributed by atoms with Crippen LogP contribution in [0.4, 0.5) is 13.2 Å². The second-order valence-corrected chi connectivity index (χ2v) is 4.54. The number of hydrogen-bond donors (Lipinski definition) is 1. The third-order valence-electron chi connectivity index (χ3n) is 2.93. The molecule has 1 N–H and O–H groups in total. The van der Waals surface area contributed by atoms with Crippen molar-refractivity contribution in [2.24, 2.45) is 5.92 Å². The zero-order valence-corrected chi connectivity index (χ0v) is 11.5.